The summed E-state index contributed by atoms with van der Waals surface area (Å²) < 4.78 is 23.4. The van der Waals surface area contributed by atoms with Crippen LogP contribution in [0.15, 0.2) is 29.2 Å². The standard InChI is InChI=1S/C14H20N2O3S.ClH/c1-2-20(18,19)13-7-5-11(6-8-13)14(17)16-12-4-3-9-15-10-12;/h5-8,12,15H,2-4,9-10H2,1H3,(H,16,17);1H. The second kappa shape index (κ2) is 7.77. The van der Waals surface area contributed by atoms with Crippen molar-refractivity contribution >= 4 is 28.2 Å². The maximum atomic E-state index is 12.1. The molecular weight excluding hydrogens is 312 g/mol. The number of nitrogens with one attached hydrogen (secondary N) is 2. The van der Waals surface area contributed by atoms with Gasteiger partial charge in [0, 0.05) is 18.2 Å². The van der Waals surface area contributed by atoms with Crippen molar-refractivity contribution in [1.29, 1.82) is 0 Å². The minimum absolute atomic E-state index is 0. The monoisotopic (exact) mass is 332 g/mol. The molecule has 1 unspecified atom stereocenters. The molecule has 2 rings (SSSR count). The van der Waals surface area contributed by atoms with E-state index in [1.807, 2.05) is 0 Å². The number of benzene rings is 1. The van der Waals surface area contributed by atoms with Crippen molar-refractivity contribution in [2.45, 2.75) is 30.7 Å². The Hall–Kier alpha value is -1.11. The van der Waals surface area contributed by atoms with E-state index in [4.69, 9.17) is 0 Å². The van der Waals surface area contributed by atoms with Crippen LogP contribution in [0, 0.1) is 0 Å². The molecule has 0 saturated carbocycles. The fourth-order valence-electron chi connectivity index (χ4n) is 2.22. The third kappa shape index (κ3) is 4.69. The molecule has 5 nitrogen and oxygen atoms in total. The minimum Gasteiger partial charge on any atom is -0.348 e. The van der Waals surface area contributed by atoms with Gasteiger partial charge in [0.25, 0.3) is 5.91 Å². The molecule has 1 heterocycles. The van der Waals surface area contributed by atoms with Crippen molar-refractivity contribution in [3.63, 3.8) is 0 Å². The van der Waals surface area contributed by atoms with Gasteiger partial charge in [0.1, 0.15) is 0 Å². The van der Waals surface area contributed by atoms with Gasteiger partial charge in [0.05, 0.1) is 10.6 Å². The zero-order chi connectivity index (χ0) is 14.6. The van der Waals surface area contributed by atoms with E-state index in [0.717, 1.165) is 25.9 Å². The molecule has 0 bridgehead atoms. The number of hydrogen-bond acceptors (Lipinski definition) is 4. The summed E-state index contributed by atoms with van der Waals surface area (Å²) in [5, 5.41) is 6.19. The van der Waals surface area contributed by atoms with E-state index >= 15 is 0 Å². The molecule has 1 saturated heterocycles. The summed E-state index contributed by atoms with van der Waals surface area (Å²) in [5.41, 5.74) is 0.491. The summed E-state index contributed by atoms with van der Waals surface area (Å²) in [7, 11) is -3.21. The van der Waals surface area contributed by atoms with E-state index in [1.54, 1.807) is 19.1 Å². The second-order valence-electron chi connectivity index (χ2n) is 4.94. The van der Waals surface area contributed by atoms with Gasteiger partial charge in [-0.15, -0.1) is 12.4 Å². The number of hydrogen-bond donors (Lipinski definition) is 2. The fourth-order valence-corrected chi connectivity index (χ4v) is 3.11. The molecule has 1 aromatic rings. The number of rotatable bonds is 4. The minimum atomic E-state index is -3.21. The van der Waals surface area contributed by atoms with Crippen molar-refractivity contribution < 1.29 is 13.2 Å². The molecule has 1 aliphatic rings. The van der Waals surface area contributed by atoms with Crippen LogP contribution in [0.4, 0.5) is 0 Å². The summed E-state index contributed by atoms with van der Waals surface area (Å²) in [5.74, 6) is -0.0918. The Bertz CT molecular complexity index is 566. The van der Waals surface area contributed by atoms with Crippen LogP contribution in [0.5, 0.6) is 0 Å². The van der Waals surface area contributed by atoms with Crippen LogP contribution in [0.25, 0.3) is 0 Å². The molecule has 1 atom stereocenters. The summed E-state index contributed by atoms with van der Waals surface area (Å²) in [6.07, 6.45) is 2.03. The molecule has 1 fully saturated rings. The van der Waals surface area contributed by atoms with E-state index < -0.39 is 9.84 Å². The van der Waals surface area contributed by atoms with E-state index in [9.17, 15) is 13.2 Å². The van der Waals surface area contributed by atoms with Crippen molar-refractivity contribution in [1.82, 2.24) is 10.6 Å². The number of carbonyl (C=O) groups excluding carboxylic acids is 1. The molecule has 0 spiro atoms. The molecule has 0 aromatic heterocycles. The van der Waals surface area contributed by atoms with Gasteiger partial charge in [-0.3, -0.25) is 4.79 Å². The summed E-state index contributed by atoms with van der Waals surface area (Å²) in [6, 6.07) is 6.26. The number of halogens is 1. The first-order valence-corrected chi connectivity index (χ1v) is 8.52. The van der Waals surface area contributed by atoms with Gasteiger partial charge >= 0.3 is 0 Å². The van der Waals surface area contributed by atoms with E-state index in [-0.39, 0.29) is 35.0 Å². The summed E-state index contributed by atoms with van der Waals surface area (Å²) >= 11 is 0. The molecular formula is C14H21ClN2O3S. The lowest BCUT2D eigenvalue weighted by Gasteiger charge is -2.23. The quantitative estimate of drug-likeness (QED) is 0.873. The zero-order valence-corrected chi connectivity index (χ0v) is 13.6. The van der Waals surface area contributed by atoms with Crippen LogP contribution < -0.4 is 10.6 Å². The zero-order valence-electron chi connectivity index (χ0n) is 12.0. The molecule has 2 N–H and O–H groups in total. The molecule has 21 heavy (non-hydrogen) atoms. The highest BCUT2D eigenvalue weighted by Crippen LogP contribution is 2.13. The van der Waals surface area contributed by atoms with Crippen LogP contribution >= 0.6 is 12.4 Å². The van der Waals surface area contributed by atoms with Crippen LogP contribution in [-0.2, 0) is 9.84 Å². The Morgan fingerprint density at radius 1 is 1.33 bits per heavy atom. The van der Waals surface area contributed by atoms with E-state index in [0.29, 0.717) is 5.56 Å². The number of carbonyl (C=O) groups is 1. The molecule has 118 valence electrons. The Morgan fingerprint density at radius 2 is 2.00 bits per heavy atom. The Kier molecular flexibility index (Phi) is 6.64. The molecule has 7 heteroatoms. The first-order valence-electron chi connectivity index (χ1n) is 6.87. The predicted molar refractivity (Wildman–Crippen MR) is 84.8 cm³/mol. The van der Waals surface area contributed by atoms with Crippen molar-refractivity contribution in [3.8, 4) is 0 Å². The van der Waals surface area contributed by atoms with Gasteiger partial charge in [-0.2, -0.15) is 0 Å². The third-order valence-corrected chi connectivity index (χ3v) is 5.24. The van der Waals surface area contributed by atoms with Gasteiger partial charge in [-0.05, 0) is 43.7 Å². The van der Waals surface area contributed by atoms with E-state index in [1.165, 1.54) is 12.1 Å². The smallest absolute Gasteiger partial charge is 0.251 e. The lowest BCUT2D eigenvalue weighted by molar-refractivity contribution is 0.0930. The Morgan fingerprint density at radius 3 is 2.52 bits per heavy atom. The highest BCUT2D eigenvalue weighted by Gasteiger charge is 2.17. The second-order valence-corrected chi connectivity index (χ2v) is 7.22. The predicted octanol–water partition coefficient (Wildman–Crippen LogP) is 1.38. The first kappa shape index (κ1) is 17.9. The lowest BCUT2D eigenvalue weighted by atomic mass is 10.1. The van der Waals surface area contributed by atoms with Gasteiger partial charge in [-0.25, -0.2) is 8.42 Å². The van der Waals surface area contributed by atoms with Crippen LogP contribution in [0.1, 0.15) is 30.1 Å². The van der Waals surface area contributed by atoms with Crippen molar-refractivity contribution in [2.24, 2.45) is 0 Å². The highest BCUT2D eigenvalue weighted by atomic mass is 35.5. The fraction of sp³-hybridized carbons (Fsp3) is 0.500. The summed E-state index contributed by atoms with van der Waals surface area (Å²) in [6.45, 7) is 3.38. The Labute approximate surface area is 131 Å². The normalized spacial score (nSPS) is 18.6. The van der Waals surface area contributed by atoms with Crippen molar-refractivity contribution in [2.75, 3.05) is 18.8 Å². The highest BCUT2D eigenvalue weighted by molar-refractivity contribution is 7.91. The topological polar surface area (TPSA) is 75.3 Å². The van der Waals surface area contributed by atoms with Gasteiger partial charge in [-0.1, -0.05) is 6.92 Å². The van der Waals surface area contributed by atoms with Crippen LogP contribution in [0.3, 0.4) is 0 Å². The molecule has 1 amide bonds. The number of piperidine rings is 1. The van der Waals surface area contributed by atoms with Gasteiger partial charge in [0.2, 0.25) is 0 Å². The first-order chi connectivity index (χ1) is 9.53. The average molecular weight is 333 g/mol. The number of sulfone groups is 1. The molecule has 1 aromatic carbocycles. The SMILES string of the molecule is CCS(=O)(=O)c1ccc(C(=O)NC2CCCNC2)cc1.Cl. The molecule has 0 radical (unpaired) electrons. The molecule has 0 aliphatic carbocycles. The van der Waals surface area contributed by atoms with Gasteiger partial charge < -0.3 is 10.6 Å². The summed E-state index contributed by atoms with van der Waals surface area (Å²) in [4.78, 5) is 12.3. The largest absolute Gasteiger partial charge is 0.348 e. The molecule has 1 aliphatic heterocycles. The Balaban J connectivity index is 0.00000220. The van der Waals surface area contributed by atoms with Gasteiger partial charge in [0.15, 0.2) is 9.84 Å². The van der Waals surface area contributed by atoms with Crippen LogP contribution in [-0.4, -0.2) is 39.2 Å². The number of amides is 1. The van der Waals surface area contributed by atoms with E-state index in [2.05, 4.69) is 10.6 Å². The van der Waals surface area contributed by atoms with Crippen molar-refractivity contribution in [3.05, 3.63) is 29.8 Å². The van der Waals surface area contributed by atoms with Crippen LogP contribution in [0.2, 0.25) is 0 Å². The third-order valence-electron chi connectivity index (χ3n) is 3.49. The maximum absolute atomic E-state index is 12.1. The lowest BCUT2D eigenvalue weighted by Crippen LogP contribution is -2.45. The average Bonchev–Trinajstić information content (AvgIpc) is 2.48. The maximum Gasteiger partial charge on any atom is 0.251 e.